The molecule has 0 saturated carbocycles. The van der Waals surface area contributed by atoms with Crippen LogP contribution in [0, 0.1) is 10.1 Å². The van der Waals surface area contributed by atoms with Crippen molar-refractivity contribution in [3.63, 3.8) is 0 Å². The Morgan fingerprint density at radius 2 is 2.05 bits per heavy atom. The molecule has 1 N–H and O–H groups in total. The van der Waals surface area contributed by atoms with Crippen LogP contribution in [-0.4, -0.2) is 44.4 Å². The van der Waals surface area contributed by atoms with Crippen LogP contribution in [0.5, 0.6) is 0 Å². The van der Waals surface area contributed by atoms with Crippen LogP contribution < -0.4 is 4.90 Å². The number of sulfone groups is 1. The molecule has 8 heteroatoms. The van der Waals surface area contributed by atoms with Crippen molar-refractivity contribution in [3.8, 4) is 0 Å². The summed E-state index contributed by atoms with van der Waals surface area (Å²) in [5.41, 5.74) is -0.0373. The van der Waals surface area contributed by atoms with Crippen molar-refractivity contribution < 1.29 is 18.4 Å². The van der Waals surface area contributed by atoms with Crippen molar-refractivity contribution in [1.82, 2.24) is 0 Å². The van der Waals surface area contributed by atoms with Gasteiger partial charge in [0.15, 0.2) is 9.84 Å². The average molecular weight is 288 g/mol. The van der Waals surface area contributed by atoms with Crippen LogP contribution in [0.3, 0.4) is 0 Å². The number of aliphatic hydroxyl groups is 1. The SMILES string of the molecule is CC(CO)N(C)c1ccc(S(C)(=O)=O)cc1[N+](=O)[O-]. The Hall–Kier alpha value is -1.67. The lowest BCUT2D eigenvalue weighted by Crippen LogP contribution is -2.32. The van der Waals surface area contributed by atoms with Gasteiger partial charge in [0, 0.05) is 25.4 Å². The number of aliphatic hydroxyl groups excluding tert-OH is 1. The Morgan fingerprint density at radius 3 is 2.47 bits per heavy atom. The maximum atomic E-state index is 11.4. The fourth-order valence-corrected chi connectivity index (χ4v) is 2.18. The van der Waals surface area contributed by atoms with Crippen LogP contribution in [0.25, 0.3) is 0 Å². The number of hydrogen-bond acceptors (Lipinski definition) is 6. The molecule has 1 rings (SSSR count). The topological polar surface area (TPSA) is 101 Å². The van der Waals surface area contributed by atoms with E-state index in [1.807, 2.05) is 0 Å². The Labute approximate surface area is 111 Å². The molecule has 0 amide bonds. The molecule has 0 aliphatic heterocycles. The zero-order valence-corrected chi connectivity index (χ0v) is 11.7. The first-order chi connectivity index (χ1) is 8.68. The summed E-state index contributed by atoms with van der Waals surface area (Å²) in [7, 11) is -1.90. The summed E-state index contributed by atoms with van der Waals surface area (Å²) in [5.74, 6) is 0. The smallest absolute Gasteiger partial charge is 0.293 e. The van der Waals surface area contributed by atoms with E-state index in [1.54, 1.807) is 14.0 Å². The van der Waals surface area contributed by atoms with E-state index in [9.17, 15) is 18.5 Å². The maximum absolute atomic E-state index is 11.4. The van der Waals surface area contributed by atoms with Gasteiger partial charge >= 0.3 is 0 Å². The highest BCUT2D eigenvalue weighted by Gasteiger charge is 2.23. The molecule has 0 aromatic heterocycles. The van der Waals surface area contributed by atoms with E-state index in [0.717, 1.165) is 12.3 Å². The monoisotopic (exact) mass is 288 g/mol. The number of rotatable bonds is 5. The van der Waals surface area contributed by atoms with Crippen molar-refractivity contribution in [2.75, 3.05) is 24.8 Å². The van der Waals surface area contributed by atoms with E-state index in [2.05, 4.69) is 0 Å². The highest BCUT2D eigenvalue weighted by molar-refractivity contribution is 7.90. The lowest BCUT2D eigenvalue weighted by atomic mass is 10.2. The molecular formula is C11H16N2O5S. The third-order valence-corrected chi connectivity index (χ3v) is 3.99. The summed E-state index contributed by atoms with van der Waals surface area (Å²) in [5, 5.41) is 20.1. The highest BCUT2D eigenvalue weighted by Crippen LogP contribution is 2.31. The first-order valence-corrected chi connectivity index (χ1v) is 7.39. The second kappa shape index (κ2) is 5.54. The Kier molecular flexibility index (Phi) is 4.48. The van der Waals surface area contributed by atoms with E-state index in [-0.39, 0.29) is 28.9 Å². The molecule has 1 atom stereocenters. The molecule has 7 nitrogen and oxygen atoms in total. The van der Waals surface area contributed by atoms with Crippen molar-refractivity contribution in [2.24, 2.45) is 0 Å². The fourth-order valence-electron chi connectivity index (χ4n) is 1.54. The maximum Gasteiger partial charge on any atom is 0.293 e. The molecule has 0 heterocycles. The minimum atomic E-state index is -3.50. The van der Waals surface area contributed by atoms with Crippen molar-refractivity contribution in [3.05, 3.63) is 28.3 Å². The van der Waals surface area contributed by atoms with Crippen molar-refractivity contribution in [1.29, 1.82) is 0 Å². The van der Waals surface area contributed by atoms with Gasteiger partial charge in [-0.25, -0.2) is 8.42 Å². The minimum absolute atomic E-state index is 0.104. The summed E-state index contributed by atoms with van der Waals surface area (Å²) in [4.78, 5) is 11.8. The molecule has 0 saturated heterocycles. The summed E-state index contributed by atoms with van der Waals surface area (Å²) in [6.07, 6.45) is 0.992. The van der Waals surface area contributed by atoms with Crippen LogP contribution in [-0.2, 0) is 9.84 Å². The molecule has 0 fully saturated rings. The van der Waals surface area contributed by atoms with Crippen molar-refractivity contribution in [2.45, 2.75) is 17.9 Å². The first kappa shape index (κ1) is 15.4. The third-order valence-electron chi connectivity index (χ3n) is 2.88. The van der Waals surface area contributed by atoms with Gasteiger partial charge in [0.2, 0.25) is 0 Å². The molecule has 0 radical (unpaired) electrons. The van der Waals surface area contributed by atoms with Gasteiger partial charge in [-0.15, -0.1) is 0 Å². The molecule has 1 aromatic carbocycles. The van der Waals surface area contributed by atoms with Gasteiger partial charge in [0.1, 0.15) is 5.69 Å². The van der Waals surface area contributed by atoms with Crippen LogP contribution in [0.1, 0.15) is 6.92 Å². The average Bonchev–Trinajstić information content (AvgIpc) is 2.35. The van der Waals surface area contributed by atoms with Gasteiger partial charge in [0.25, 0.3) is 5.69 Å². The summed E-state index contributed by atoms with van der Waals surface area (Å²) >= 11 is 0. The number of nitrogens with zero attached hydrogens (tertiary/aromatic N) is 2. The number of nitro benzene ring substituents is 1. The lowest BCUT2D eigenvalue weighted by Gasteiger charge is -2.25. The molecule has 0 spiro atoms. The number of likely N-dealkylation sites (N-methyl/N-ethyl adjacent to an activating group) is 1. The molecule has 0 aliphatic carbocycles. The predicted molar refractivity (Wildman–Crippen MR) is 71.2 cm³/mol. The van der Waals surface area contributed by atoms with E-state index in [1.165, 1.54) is 17.0 Å². The number of nitro groups is 1. The molecule has 19 heavy (non-hydrogen) atoms. The molecule has 0 bridgehead atoms. The molecule has 106 valence electrons. The largest absolute Gasteiger partial charge is 0.394 e. The Bertz CT molecular complexity index is 585. The normalized spacial score (nSPS) is 13.1. The highest BCUT2D eigenvalue weighted by atomic mass is 32.2. The van der Waals surface area contributed by atoms with E-state index >= 15 is 0 Å². The van der Waals surface area contributed by atoms with Gasteiger partial charge in [-0.1, -0.05) is 0 Å². The van der Waals surface area contributed by atoms with Crippen LogP contribution >= 0.6 is 0 Å². The Morgan fingerprint density at radius 1 is 1.47 bits per heavy atom. The van der Waals surface area contributed by atoms with Gasteiger partial charge in [-0.2, -0.15) is 0 Å². The number of benzene rings is 1. The van der Waals surface area contributed by atoms with E-state index in [0.29, 0.717) is 0 Å². The predicted octanol–water partition coefficient (Wildman–Crippen LogP) is 0.815. The van der Waals surface area contributed by atoms with E-state index < -0.39 is 14.8 Å². The first-order valence-electron chi connectivity index (χ1n) is 5.50. The third kappa shape index (κ3) is 3.42. The fraction of sp³-hybridized carbons (Fsp3) is 0.455. The van der Waals surface area contributed by atoms with E-state index in [4.69, 9.17) is 5.11 Å². The van der Waals surface area contributed by atoms with Crippen LogP contribution in [0.4, 0.5) is 11.4 Å². The van der Waals surface area contributed by atoms with Crippen LogP contribution in [0.15, 0.2) is 23.1 Å². The number of anilines is 1. The number of hydrogen-bond donors (Lipinski definition) is 1. The zero-order valence-electron chi connectivity index (χ0n) is 10.9. The standard InChI is InChI=1S/C11H16N2O5S/c1-8(7-14)12(2)10-5-4-9(19(3,17)18)6-11(10)13(15)16/h4-6,8,14H,7H2,1-3H3. The van der Waals surface area contributed by atoms with Gasteiger partial charge < -0.3 is 10.0 Å². The summed E-state index contributed by atoms with van der Waals surface area (Å²) in [6.45, 7) is 1.54. The van der Waals surface area contributed by atoms with Gasteiger partial charge in [-0.05, 0) is 19.1 Å². The van der Waals surface area contributed by atoms with Gasteiger partial charge in [0.05, 0.1) is 16.4 Å². The molecular weight excluding hydrogens is 272 g/mol. The summed E-state index contributed by atoms with van der Waals surface area (Å²) in [6, 6.07) is 3.41. The lowest BCUT2D eigenvalue weighted by molar-refractivity contribution is -0.384. The van der Waals surface area contributed by atoms with Crippen LogP contribution in [0.2, 0.25) is 0 Å². The molecule has 0 aliphatic rings. The Balaban J connectivity index is 3.39. The van der Waals surface area contributed by atoms with Gasteiger partial charge in [-0.3, -0.25) is 10.1 Å². The molecule has 1 aromatic rings. The zero-order chi connectivity index (χ0) is 14.8. The summed E-state index contributed by atoms with van der Waals surface area (Å²) < 4.78 is 22.8. The molecule has 1 unspecified atom stereocenters. The second-order valence-corrected chi connectivity index (χ2v) is 6.34. The quantitative estimate of drug-likeness (QED) is 0.635. The minimum Gasteiger partial charge on any atom is -0.394 e. The van der Waals surface area contributed by atoms with Crippen molar-refractivity contribution >= 4 is 21.2 Å². The second-order valence-electron chi connectivity index (χ2n) is 4.32.